The van der Waals surface area contributed by atoms with Gasteiger partial charge in [0.25, 0.3) is 0 Å². The molecule has 0 aromatic rings. The van der Waals surface area contributed by atoms with Gasteiger partial charge >= 0.3 is 12.1 Å². The first-order chi connectivity index (χ1) is 10.6. The number of methoxy groups -OCH3 is 1. The number of ether oxygens (including phenoxy) is 2. The number of piperidine rings is 1. The second-order valence-corrected chi connectivity index (χ2v) is 7.76. The number of esters is 1. The SMILES string of the molecule is COC(=O)C1C(=O)CC[C@@]12CCN(C(=O)OC(C)(C)C)[C@@H](C)C2. The van der Waals surface area contributed by atoms with Gasteiger partial charge in [0.1, 0.15) is 17.3 Å². The monoisotopic (exact) mass is 325 g/mol. The fraction of sp³-hybridized carbons (Fsp3) is 0.824. The number of hydrogen-bond acceptors (Lipinski definition) is 5. The molecule has 23 heavy (non-hydrogen) atoms. The summed E-state index contributed by atoms with van der Waals surface area (Å²) in [6, 6.07) is -0.0725. The normalized spacial score (nSPS) is 31.3. The lowest BCUT2D eigenvalue weighted by Crippen LogP contribution is -2.52. The third kappa shape index (κ3) is 3.51. The lowest BCUT2D eigenvalue weighted by molar-refractivity contribution is -0.154. The Hall–Kier alpha value is -1.59. The van der Waals surface area contributed by atoms with Crippen molar-refractivity contribution in [3.8, 4) is 0 Å². The first-order valence-electron chi connectivity index (χ1n) is 8.20. The second kappa shape index (κ2) is 6.13. The first-order valence-corrected chi connectivity index (χ1v) is 8.20. The largest absolute Gasteiger partial charge is 0.468 e. The van der Waals surface area contributed by atoms with E-state index in [1.54, 1.807) is 4.90 Å². The van der Waals surface area contributed by atoms with Crippen molar-refractivity contribution >= 4 is 17.8 Å². The van der Waals surface area contributed by atoms with Crippen molar-refractivity contribution in [1.29, 1.82) is 0 Å². The van der Waals surface area contributed by atoms with E-state index in [2.05, 4.69) is 0 Å². The van der Waals surface area contributed by atoms with E-state index in [0.29, 0.717) is 32.2 Å². The molecule has 1 saturated carbocycles. The molecule has 2 rings (SSSR count). The van der Waals surface area contributed by atoms with Gasteiger partial charge < -0.3 is 14.4 Å². The molecule has 6 nitrogen and oxygen atoms in total. The molecule has 0 radical (unpaired) electrons. The Balaban J connectivity index is 2.12. The summed E-state index contributed by atoms with van der Waals surface area (Å²) in [7, 11) is 1.32. The summed E-state index contributed by atoms with van der Waals surface area (Å²) >= 11 is 0. The van der Waals surface area contributed by atoms with Gasteiger partial charge in [-0.15, -0.1) is 0 Å². The highest BCUT2D eigenvalue weighted by atomic mass is 16.6. The van der Waals surface area contributed by atoms with Crippen LogP contribution in [0.1, 0.15) is 53.4 Å². The molecule has 0 bridgehead atoms. The van der Waals surface area contributed by atoms with Crippen LogP contribution in [0.15, 0.2) is 0 Å². The van der Waals surface area contributed by atoms with E-state index in [0.717, 1.165) is 0 Å². The number of Topliss-reactive ketones (excluding diaryl/α,β-unsaturated/α-hetero) is 1. The number of nitrogens with zero attached hydrogens (tertiary/aromatic N) is 1. The van der Waals surface area contributed by atoms with Gasteiger partial charge in [0.15, 0.2) is 0 Å². The van der Waals surface area contributed by atoms with Gasteiger partial charge in [-0.2, -0.15) is 0 Å². The summed E-state index contributed by atoms with van der Waals surface area (Å²) in [5.41, 5.74) is -0.911. The number of amides is 1. The summed E-state index contributed by atoms with van der Waals surface area (Å²) in [5, 5.41) is 0. The lowest BCUT2D eigenvalue weighted by atomic mass is 9.68. The van der Waals surface area contributed by atoms with Crippen molar-refractivity contribution in [2.24, 2.45) is 11.3 Å². The molecule has 1 unspecified atom stereocenters. The van der Waals surface area contributed by atoms with Crippen molar-refractivity contribution in [3.05, 3.63) is 0 Å². The number of likely N-dealkylation sites (tertiary alicyclic amines) is 1. The molecule has 1 aliphatic heterocycles. The van der Waals surface area contributed by atoms with Crippen molar-refractivity contribution in [2.75, 3.05) is 13.7 Å². The molecule has 3 atom stereocenters. The van der Waals surface area contributed by atoms with E-state index in [9.17, 15) is 14.4 Å². The maximum Gasteiger partial charge on any atom is 0.410 e. The van der Waals surface area contributed by atoms with Crippen LogP contribution < -0.4 is 0 Å². The van der Waals surface area contributed by atoms with Crippen LogP contribution in [0.4, 0.5) is 4.79 Å². The van der Waals surface area contributed by atoms with Crippen LogP contribution in [0.5, 0.6) is 0 Å². The standard InChI is InChI=1S/C17H27NO5/c1-11-10-17(7-6-12(19)13(17)14(20)22-5)8-9-18(11)15(21)23-16(2,3)4/h11,13H,6-10H2,1-5H3/t11-,13?,17-/m0/s1. The van der Waals surface area contributed by atoms with E-state index in [1.807, 2.05) is 27.7 Å². The van der Waals surface area contributed by atoms with E-state index in [-0.39, 0.29) is 23.3 Å². The third-order valence-electron chi connectivity index (χ3n) is 4.95. The molecule has 6 heteroatoms. The molecule has 1 saturated heterocycles. The van der Waals surface area contributed by atoms with Gasteiger partial charge in [0.2, 0.25) is 0 Å². The van der Waals surface area contributed by atoms with E-state index < -0.39 is 17.5 Å². The van der Waals surface area contributed by atoms with Crippen LogP contribution in [-0.2, 0) is 19.1 Å². The van der Waals surface area contributed by atoms with Gasteiger partial charge in [-0.05, 0) is 52.4 Å². The number of ketones is 1. The molecular formula is C17H27NO5. The minimum Gasteiger partial charge on any atom is -0.468 e. The maximum absolute atomic E-state index is 12.3. The Morgan fingerprint density at radius 3 is 2.43 bits per heavy atom. The van der Waals surface area contributed by atoms with Gasteiger partial charge in [0.05, 0.1) is 7.11 Å². The molecule has 0 aromatic carbocycles. The number of carbonyl (C=O) groups excluding carboxylic acids is 3. The van der Waals surface area contributed by atoms with Crippen molar-refractivity contribution in [3.63, 3.8) is 0 Å². The summed E-state index contributed by atoms with van der Waals surface area (Å²) in [4.78, 5) is 38.2. The van der Waals surface area contributed by atoms with Gasteiger partial charge in [-0.25, -0.2) is 4.79 Å². The van der Waals surface area contributed by atoms with Crippen LogP contribution in [0.25, 0.3) is 0 Å². The average Bonchev–Trinajstić information content (AvgIpc) is 2.72. The van der Waals surface area contributed by atoms with Crippen LogP contribution >= 0.6 is 0 Å². The van der Waals surface area contributed by atoms with Crippen LogP contribution in [0, 0.1) is 11.3 Å². The van der Waals surface area contributed by atoms with Crippen molar-refractivity contribution in [1.82, 2.24) is 4.90 Å². The molecule has 1 amide bonds. The Morgan fingerprint density at radius 1 is 1.26 bits per heavy atom. The molecule has 1 spiro atoms. The van der Waals surface area contributed by atoms with Crippen LogP contribution in [0.3, 0.4) is 0 Å². The zero-order valence-corrected chi connectivity index (χ0v) is 14.7. The molecule has 0 N–H and O–H groups in total. The highest BCUT2D eigenvalue weighted by Crippen LogP contribution is 2.51. The quantitative estimate of drug-likeness (QED) is 0.547. The van der Waals surface area contributed by atoms with E-state index in [4.69, 9.17) is 9.47 Å². The number of rotatable bonds is 1. The van der Waals surface area contributed by atoms with Crippen molar-refractivity contribution < 1.29 is 23.9 Å². The smallest absolute Gasteiger partial charge is 0.410 e. The Bertz CT molecular complexity index is 510. The minimum absolute atomic E-state index is 0.0326. The zero-order chi connectivity index (χ0) is 17.4. The Kier molecular flexibility index (Phi) is 4.74. The number of hydrogen-bond donors (Lipinski definition) is 0. The third-order valence-corrected chi connectivity index (χ3v) is 4.95. The fourth-order valence-electron chi connectivity index (χ4n) is 3.95. The summed E-state index contributed by atoms with van der Waals surface area (Å²) in [6.45, 7) is 7.95. The van der Waals surface area contributed by atoms with E-state index in [1.165, 1.54) is 7.11 Å². The highest BCUT2D eigenvalue weighted by Gasteiger charge is 2.55. The molecule has 1 heterocycles. The highest BCUT2D eigenvalue weighted by molar-refractivity contribution is 6.01. The lowest BCUT2D eigenvalue weighted by Gasteiger charge is -2.45. The Labute approximate surface area is 137 Å². The maximum atomic E-state index is 12.3. The Morgan fingerprint density at radius 2 is 1.91 bits per heavy atom. The summed E-state index contributed by atoms with van der Waals surface area (Å²) in [6.07, 6.45) is 2.02. The predicted octanol–water partition coefficient (Wildman–Crippen LogP) is 2.54. The minimum atomic E-state index is -0.685. The zero-order valence-electron chi connectivity index (χ0n) is 14.7. The molecule has 2 aliphatic rings. The second-order valence-electron chi connectivity index (χ2n) is 7.76. The molecule has 130 valence electrons. The molecule has 2 fully saturated rings. The summed E-state index contributed by atoms with van der Waals surface area (Å²) < 4.78 is 10.3. The fourth-order valence-corrected chi connectivity index (χ4v) is 3.95. The molecular weight excluding hydrogens is 298 g/mol. The van der Waals surface area contributed by atoms with Crippen LogP contribution in [-0.4, -0.2) is 48.0 Å². The summed E-state index contributed by atoms with van der Waals surface area (Å²) in [5.74, 6) is -1.16. The van der Waals surface area contributed by atoms with Gasteiger partial charge in [0, 0.05) is 19.0 Å². The van der Waals surface area contributed by atoms with Gasteiger partial charge in [-0.1, -0.05) is 0 Å². The topological polar surface area (TPSA) is 72.9 Å². The first kappa shape index (κ1) is 17.8. The van der Waals surface area contributed by atoms with Crippen LogP contribution in [0.2, 0.25) is 0 Å². The van der Waals surface area contributed by atoms with Crippen molar-refractivity contribution in [2.45, 2.75) is 65.0 Å². The molecule has 0 aromatic heterocycles. The molecule has 1 aliphatic carbocycles. The van der Waals surface area contributed by atoms with E-state index >= 15 is 0 Å². The average molecular weight is 325 g/mol. The number of carbonyl (C=O) groups is 3. The predicted molar refractivity (Wildman–Crippen MR) is 83.8 cm³/mol. The van der Waals surface area contributed by atoms with Gasteiger partial charge in [-0.3, -0.25) is 9.59 Å².